The van der Waals surface area contributed by atoms with Gasteiger partial charge in [-0.1, -0.05) is 12.1 Å². The Bertz CT molecular complexity index is 938. The average Bonchev–Trinajstić information content (AvgIpc) is 2.88. The Morgan fingerprint density at radius 2 is 1.94 bits per heavy atom. The molecule has 1 aromatic heterocycles. The van der Waals surface area contributed by atoms with Gasteiger partial charge in [-0.3, -0.25) is 0 Å². The van der Waals surface area contributed by atoms with Crippen LogP contribution in [0.3, 0.4) is 0 Å². The standard InChI is InChI=1S/C24H34FN5O4/c1-26-15-19(31)16-34-20-5-3-4-17(14-20)22-27-23(29(2)18-6-10-32-11-7-18)21(25)24(28-22)30-8-12-33-13-9-30/h3-5,14,18-19,26,31H,6-13,15-16H2,1-2H3. The number of benzene rings is 1. The number of rotatable bonds is 9. The molecule has 0 bridgehead atoms. The molecule has 2 aromatic rings. The van der Waals surface area contributed by atoms with Gasteiger partial charge >= 0.3 is 0 Å². The Kier molecular flexibility index (Phi) is 8.49. The van der Waals surface area contributed by atoms with Crippen LogP contribution in [0.4, 0.5) is 16.0 Å². The van der Waals surface area contributed by atoms with Crippen molar-refractivity contribution in [1.82, 2.24) is 15.3 Å². The van der Waals surface area contributed by atoms with E-state index in [1.807, 2.05) is 41.1 Å². The molecular weight excluding hydrogens is 441 g/mol. The largest absolute Gasteiger partial charge is 0.491 e. The van der Waals surface area contributed by atoms with E-state index in [2.05, 4.69) is 15.3 Å². The topological polar surface area (TPSA) is 92.2 Å². The summed E-state index contributed by atoms with van der Waals surface area (Å²) in [4.78, 5) is 13.1. The van der Waals surface area contributed by atoms with Gasteiger partial charge in [0.05, 0.1) is 13.2 Å². The normalized spacial score (nSPS) is 18.1. The number of aromatic nitrogens is 2. The van der Waals surface area contributed by atoms with Crippen molar-refractivity contribution in [2.45, 2.75) is 25.0 Å². The van der Waals surface area contributed by atoms with Gasteiger partial charge < -0.3 is 34.4 Å². The van der Waals surface area contributed by atoms with Crippen molar-refractivity contribution < 1.29 is 23.7 Å². The highest BCUT2D eigenvalue weighted by Gasteiger charge is 2.28. The van der Waals surface area contributed by atoms with Crippen molar-refractivity contribution in [3.8, 4) is 17.1 Å². The lowest BCUT2D eigenvalue weighted by Crippen LogP contribution is -2.40. The van der Waals surface area contributed by atoms with E-state index in [0.717, 1.165) is 18.4 Å². The number of anilines is 2. The smallest absolute Gasteiger partial charge is 0.208 e. The van der Waals surface area contributed by atoms with E-state index in [1.54, 1.807) is 7.05 Å². The molecule has 1 aromatic carbocycles. The van der Waals surface area contributed by atoms with E-state index < -0.39 is 11.9 Å². The monoisotopic (exact) mass is 475 g/mol. The molecule has 186 valence electrons. The van der Waals surface area contributed by atoms with Crippen LogP contribution in [0.5, 0.6) is 5.75 Å². The fourth-order valence-electron chi connectivity index (χ4n) is 4.23. The fourth-order valence-corrected chi connectivity index (χ4v) is 4.23. The molecule has 9 nitrogen and oxygen atoms in total. The second kappa shape index (κ2) is 11.7. The lowest BCUT2D eigenvalue weighted by molar-refractivity contribution is 0.0852. The minimum Gasteiger partial charge on any atom is -0.491 e. The van der Waals surface area contributed by atoms with Crippen LogP contribution in [0.1, 0.15) is 12.8 Å². The third-order valence-corrected chi connectivity index (χ3v) is 6.17. The molecule has 2 saturated heterocycles. The van der Waals surface area contributed by atoms with Crippen LogP contribution < -0.4 is 19.9 Å². The Hall–Kier alpha value is -2.53. The summed E-state index contributed by atoms with van der Waals surface area (Å²) in [5.41, 5.74) is 0.719. The minimum absolute atomic E-state index is 0.145. The van der Waals surface area contributed by atoms with E-state index in [-0.39, 0.29) is 24.3 Å². The van der Waals surface area contributed by atoms with Crippen LogP contribution in [0.15, 0.2) is 24.3 Å². The van der Waals surface area contributed by atoms with Crippen molar-refractivity contribution in [2.24, 2.45) is 0 Å². The number of hydrogen-bond donors (Lipinski definition) is 2. The molecule has 34 heavy (non-hydrogen) atoms. The van der Waals surface area contributed by atoms with E-state index in [9.17, 15) is 5.11 Å². The maximum absolute atomic E-state index is 15.8. The number of morpholine rings is 1. The Labute approximate surface area is 199 Å². The Balaban J connectivity index is 1.66. The fraction of sp³-hybridized carbons (Fsp3) is 0.583. The summed E-state index contributed by atoms with van der Waals surface area (Å²) >= 11 is 0. The molecule has 0 radical (unpaired) electrons. The van der Waals surface area contributed by atoms with Gasteiger partial charge in [0.2, 0.25) is 5.82 Å². The van der Waals surface area contributed by atoms with Crippen molar-refractivity contribution in [3.05, 3.63) is 30.1 Å². The first-order valence-electron chi connectivity index (χ1n) is 11.8. The van der Waals surface area contributed by atoms with Gasteiger partial charge in [0, 0.05) is 51.5 Å². The van der Waals surface area contributed by atoms with Gasteiger partial charge in [-0.25, -0.2) is 9.97 Å². The third kappa shape index (κ3) is 5.93. The van der Waals surface area contributed by atoms with Gasteiger partial charge in [-0.05, 0) is 32.0 Å². The molecular formula is C24H34FN5O4. The maximum atomic E-state index is 15.8. The summed E-state index contributed by atoms with van der Waals surface area (Å²) in [5.74, 6) is 1.18. The molecule has 0 amide bonds. The quantitative estimate of drug-likeness (QED) is 0.562. The molecule has 2 N–H and O–H groups in total. The lowest BCUT2D eigenvalue weighted by atomic mass is 10.1. The molecule has 0 spiro atoms. The van der Waals surface area contributed by atoms with E-state index in [1.165, 1.54) is 0 Å². The lowest BCUT2D eigenvalue weighted by Gasteiger charge is -2.34. The SMILES string of the molecule is CNCC(O)COc1cccc(-c2nc(N3CCOCC3)c(F)c(N(C)C3CCOCC3)n2)c1. The van der Waals surface area contributed by atoms with Crippen LogP contribution >= 0.6 is 0 Å². The zero-order valence-corrected chi connectivity index (χ0v) is 19.9. The molecule has 0 aliphatic carbocycles. The third-order valence-electron chi connectivity index (χ3n) is 6.17. The number of halogens is 1. The van der Waals surface area contributed by atoms with Crippen LogP contribution in [-0.2, 0) is 9.47 Å². The van der Waals surface area contributed by atoms with Crippen LogP contribution in [-0.4, -0.2) is 94.0 Å². The number of aliphatic hydroxyl groups is 1. The second-order valence-corrected chi connectivity index (χ2v) is 8.61. The van der Waals surface area contributed by atoms with E-state index >= 15 is 4.39 Å². The average molecular weight is 476 g/mol. The summed E-state index contributed by atoms with van der Waals surface area (Å²) in [6.07, 6.45) is 1.02. The number of nitrogens with zero attached hydrogens (tertiary/aromatic N) is 4. The second-order valence-electron chi connectivity index (χ2n) is 8.61. The Morgan fingerprint density at radius 3 is 2.68 bits per heavy atom. The molecule has 3 heterocycles. The first-order valence-corrected chi connectivity index (χ1v) is 11.8. The van der Waals surface area contributed by atoms with Gasteiger partial charge in [-0.2, -0.15) is 4.39 Å². The molecule has 0 saturated carbocycles. The van der Waals surface area contributed by atoms with Crippen LogP contribution in [0, 0.1) is 5.82 Å². The maximum Gasteiger partial charge on any atom is 0.208 e. The van der Waals surface area contributed by atoms with Crippen LogP contribution in [0.2, 0.25) is 0 Å². The van der Waals surface area contributed by atoms with Crippen LogP contribution in [0.25, 0.3) is 11.4 Å². The van der Waals surface area contributed by atoms with Crippen molar-refractivity contribution >= 4 is 11.6 Å². The number of nitrogens with one attached hydrogen (secondary N) is 1. The summed E-state index contributed by atoms with van der Waals surface area (Å²) < 4.78 is 32.5. The van der Waals surface area contributed by atoms with Gasteiger partial charge in [-0.15, -0.1) is 0 Å². The predicted octanol–water partition coefficient (Wildman–Crippen LogP) is 1.69. The highest BCUT2D eigenvalue weighted by molar-refractivity contribution is 5.64. The predicted molar refractivity (Wildman–Crippen MR) is 128 cm³/mol. The van der Waals surface area contributed by atoms with E-state index in [0.29, 0.717) is 57.6 Å². The number of aliphatic hydroxyl groups excluding tert-OH is 1. The number of likely N-dealkylation sites (N-methyl/N-ethyl adjacent to an activating group) is 1. The van der Waals surface area contributed by atoms with Gasteiger partial charge in [0.15, 0.2) is 17.5 Å². The van der Waals surface area contributed by atoms with Gasteiger partial charge in [0.1, 0.15) is 18.5 Å². The zero-order chi connectivity index (χ0) is 23.9. The highest BCUT2D eigenvalue weighted by atomic mass is 19.1. The molecule has 4 rings (SSSR count). The van der Waals surface area contributed by atoms with Gasteiger partial charge in [0.25, 0.3) is 0 Å². The summed E-state index contributed by atoms with van der Waals surface area (Å²) in [7, 11) is 3.66. The molecule has 1 unspecified atom stereocenters. The minimum atomic E-state index is -0.622. The zero-order valence-electron chi connectivity index (χ0n) is 19.9. The number of ether oxygens (including phenoxy) is 3. The highest BCUT2D eigenvalue weighted by Crippen LogP contribution is 2.32. The molecule has 2 aliphatic rings. The first kappa shape index (κ1) is 24.6. The molecule has 2 aliphatic heterocycles. The van der Waals surface area contributed by atoms with Crippen molar-refractivity contribution in [3.63, 3.8) is 0 Å². The molecule has 2 fully saturated rings. The van der Waals surface area contributed by atoms with Crippen molar-refractivity contribution in [1.29, 1.82) is 0 Å². The molecule has 10 heteroatoms. The van der Waals surface area contributed by atoms with Crippen molar-refractivity contribution in [2.75, 3.05) is 76.6 Å². The van der Waals surface area contributed by atoms with E-state index in [4.69, 9.17) is 14.2 Å². The summed E-state index contributed by atoms with van der Waals surface area (Å²) in [5, 5.41) is 12.9. The Morgan fingerprint density at radius 1 is 1.21 bits per heavy atom. The summed E-state index contributed by atoms with van der Waals surface area (Å²) in [6, 6.07) is 7.51. The number of hydrogen-bond acceptors (Lipinski definition) is 9. The molecule has 1 atom stereocenters. The first-order chi connectivity index (χ1) is 16.6. The summed E-state index contributed by atoms with van der Waals surface area (Å²) in [6.45, 7) is 4.11.